The summed E-state index contributed by atoms with van der Waals surface area (Å²) in [4.78, 5) is 0. The Morgan fingerprint density at radius 2 is 1.44 bits per heavy atom. The molecule has 25 heavy (non-hydrogen) atoms. The van der Waals surface area contributed by atoms with Crippen molar-refractivity contribution in [1.82, 2.24) is 0 Å². The third-order valence-corrected chi connectivity index (χ3v) is 4.43. The quantitative estimate of drug-likeness (QED) is 0.360. The van der Waals surface area contributed by atoms with E-state index in [1.54, 1.807) is 30.3 Å². The van der Waals surface area contributed by atoms with Crippen molar-refractivity contribution >= 4 is 0 Å². The lowest BCUT2D eigenvalue weighted by atomic mass is 9.84. The predicted octanol–water partition coefficient (Wildman–Crippen LogP) is 6.30. The minimum atomic E-state index is -5.64. The minimum absolute atomic E-state index is 0.0464. The first-order valence-electron chi connectivity index (χ1n) is 8.80. The molecule has 0 aliphatic heterocycles. The van der Waals surface area contributed by atoms with E-state index >= 15 is 0 Å². The van der Waals surface area contributed by atoms with Gasteiger partial charge in [0.25, 0.3) is 0 Å². The van der Waals surface area contributed by atoms with Crippen LogP contribution in [0.3, 0.4) is 0 Å². The summed E-state index contributed by atoms with van der Waals surface area (Å²) in [5, 5.41) is 10.5. The van der Waals surface area contributed by atoms with Crippen molar-refractivity contribution in [3.8, 4) is 0 Å². The van der Waals surface area contributed by atoms with Crippen LogP contribution in [0.25, 0.3) is 0 Å². The van der Waals surface area contributed by atoms with E-state index in [1.807, 2.05) is 6.92 Å². The van der Waals surface area contributed by atoms with E-state index in [-0.39, 0.29) is 19.3 Å². The number of benzene rings is 1. The highest BCUT2D eigenvalue weighted by Gasteiger charge is 2.60. The topological polar surface area (TPSA) is 20.2 Å². The van der Waals surface area contributed by atoms with Crippen LogP contribution in [0.4, 0.5) is 22.0 Å². The normalized spacial score (nSPS) is 15.2. The van der Waals surface area contributed by atoms with Crippen molar-refractivity contribution in [3.63, 3.8) is 0 Å². The third-order valence-electron chi connectivity index (χ3n) is 4.43. The molecule has 144 valence electrons. The van der Waals surface area contributed by atoms with E-state index in [1.165, 1.54) is 0 Å². The molecule has 0 aliphatic carbocycles. The molecule has 1 N–H and O–H groups in total. The van der Waals surface area contributed by atoms with E-state index in [9.17, 15) is 27.1 Å². The monoisotopic (exact) mass is 366 g/mol. The molecule has 0 saturated heterocycles. The molecule has 0 fully saturated rings. The van der Waals surface area contributed by atoms with Crippen LogP contribution >= 0.6 is 0 Å². The Balaban J connectivity index is 2.74. The molecule has 0 saturated carbocycles. The lowest BCUT2D eigenvalue weighted by Gasteiger charge is -2.33. The second-order valence-electron chi connectivity index (χ2n) is 6.75. The molecule has 0 spiro atoms. The molecule has 0 radical (unpaired) electrons. The van der Waals surface area contributed by atoms with Gasteiger partial charge in [0.2, 0.25) is 0 Å². The van der Waals surface area contributed by atoms with Crippen LogP contribution < -0.4 is 0 Å². The van der Waals surface area contributed by atoms with Gasteiger partial charge < -0.3 is 5.11 Å². The average molecular weight is 366 g/mol. The Hall–Kier alpha value is -1.17. The fraction of sp³-hybridized carbons (Fsp3) is 0.684. The second-order valence-corrected chi connectivity index (χ2v) is 6.75. The van der Waals surface area contributed by atoms with Crippen molar-refractivity contribution < 1.29 is 27.1 Å². The van der Waals surface area contributed by atoms with Crippen LogP contribution in [-0.2, 0) is 6.42 Å². The second kappa shape index (κ2) is 9.51. The molecular weight excluding hydrogens is 339 g/mol. The van der Waals surface area contributed by atoms with Gasteiger partial charge in [-0.2, -0.15) is 22.0 Å². The van der Waals surface area contributed by atoms with Crippen molar-refractivity contribution in [2.75, 3.05) is 0 Å². The third kappa shape index (κ3) is 7.72. The summed E-state index contributed by atoms with van der Waals surface area (Å²) in [6.07, 6.45) is -3.07. The number of halogens is 5. The summed E-state index contributed by atoms with van der Waals surface area (Å²) in [5.74, 6) is -4.89. The molecule has 0 heterocycles. The van der Waals surface area contributed by atoms with E-state index in [4.69, 9.17) is 0 Å². The number of aryl methyl sites for hydroxylation is 1. The standard InChI is InChI=1S/C19H27F5O/c1-2-3-4-5-9-13-17(25,15-18(20,21)19(22,23)24)14-12-16-10-7-6-8-11-16/h6-8,10-11,25H,2-5,9,12-15H2,1H3. The molecule has 1 rings (SSSR count). The average Bonchev–Trinajstić information content (AvgIpc) is 2.52. The van der Waals surface area contributed by atoms with Gasteiger partial charge in [0, 0.05) is 6.42 Å². The summed E-state index contributed by atoms with van der Waals surface area (Å²) in [5.41, 5.74) is -1.22. The fourth-order valence-electron chi connectivity index (χ4n) is 2.89. The van der Waals surface area contributed by atoms with Crippen molar-refractivity contribution in [2.45, 2.75) is 82.4 Å². The van der Waals surface area contributed by atoms with Crippen LogP contribution in [0.5, 0.6) is 0 Å². The molecule has 1 unspecified atom stereocenters. The van der Waals surface area contributed by atoms with Crippen LogP contribution in [0, 0.1) is 0 Å². The highest BCUT2D eigenvalue weighted by atomic mass is 19.4. The van der Waals surface area contributed by atoms with Gasteiger partial charge in [-0.1, -0.05) is 69.4 Å². The smallest absolute Gasteiger partial charge is 0.390 e. The first-order chi connectivity index (χ1) is 11.6. The Labute approximate surface area is 146 Å². The lowest BCUT2D eigenvalue weighted by molar-refractivity contribution is -0.297. The fourth-order valence-corrected chi connectivity index (χ4v) is 2.89. The molecule has 0 aliphatic rings. The molecule has 1 atom stereocenters. The summed E-state index contributed by atoms with van der Waals surface area (Å²) in [6, 6.07) is 8.86. The van der Waals surface area contributed by atoms with E-state index in [0.29, 0.717) is 6.42 Å². The van der Waals surface area contributed by atoms with Gasteiger partial charge in [0.15, 0.2) is 0 Å². The first-order valence-corrected chi connectivity index (χ1v) is 8.80. The van der Waals surface area contributed by atoms with Crippen molar-refractivity contribution in [1.29, 1.82) is 0 Å². The first kappa shape index (κ1) is 21.9. The number of rotatable bonds is 11. The SMILES string of the molecule is CCCCCCCC(O)(CCc1ccccc1)CC(F)(F)C(F)(F)F. The van der Waals surface area contributed by atoms with Gasteiger partial charge >= 0.3 is 12.1 Å². The zero-order valence-electron chi connectivity index (χ0n) is 14.6. The minimum Gasteiger partial charge on any atom is -0.390 e. The largest absolute Gasteiger partial charge is 0.453 e. The zero-order valence-corrected chi connectivity index (χ0v) is 14.6. The number of alkyl halides is 5. The number of aliphatic hydroxyl groups is 1. The van der Waals surface area contributed by atoms with Gasteiger partial charge in [-0.25, -0.2) is 0 Å². The van der Waals surface area contributed by atoms with E-state index in [0.717, 1.165) is 31.2 Å². The highest BCUT2D eigenvalue weighted by Crippen LogP contribution is 2.43. The lowest BCUT2D eigenvalue weighted by Crippen LogP contribution is -2.45. The van der Waals surface area contributed by atoms with Crippen LogP contribution in [-0.4, -0.2) is 22.8 Å². The molecule has 1 aromatic rings. The van der Waals surface area contributed by atoms with Gasteiger partial charge in [-0.15, -0.1) is 0 Å². The van der Waals surface area contributed by atoms with Crippen LogP contribution in [0.1, 0.15) is 63.9 Å². The van der Waals surface area contributed by atoms with Gasteiger partial charge in [0.1, 0.15) is 0 Å². The maximum atomic E-state index is 13.5. The summed E-state index contributed by atoms with van der Waals surface area (Å²) < 4.78 is 64.7. The zero-order chi connectivity index (χ0) is 19.0. The van der Waals surface area contributed by atoms with Gasteiger partial charge in [-0.05, 0) is 24.8 Å². The summed E-state index contributed by atoms with van der Waals surface area (Å²) in [6.45, 7) is 2.03. The van der Waals surface area contributed by atoms with Crippen molar-refractivity contribution in [3.05, 3.63) is 35.9 Å². The molecule has 0 aromatic heterocycles. The van der Waals surface area contributed by atoms with E-state index in [2.05, 4.69) is 0 Å². The Morgan fingerprint density at radius 3 is 2.00 bits per heavy atom. The van der Waals surface area contributed by atoms with E-state index < -0.39 is 24.1 Å². The van der Waals surface area contributed by atoms with Crippen molar-refractivity contribution in [2.24, 2.45) is 0 Å². The molecular formula is C19H27F5O. The molecule has 1 nitrogen and oxygen atoms in total. The maximum Gasteiger partial charge on any atom is 0.453 e. The molecule has 0 amide bonds. The summed E-state index contributed by atoms with van der Waals surface area (Å²) in [7, 11) is 0. The Morgan fingerprint density at radius 1 is 0.840 bits per heavy atom. The van der Waals surface area contributed by atoms with Gasteiger partial charge in [-0.3, -0.25) is 0 Å². The number of unbranched alkanes of at least 4 members (excludes halogenated alkanes) is 4. The maximum absolute atomic E-state index is 13.5. The predicted molar refractivity (Wildman–Crippen MR) is 88.7 cm³/mol. The highest BCUT2D eigenvalue weighted by molar-refractivity contribution is 5.15. The van der Waals surface area contributed by atoms with Crippen LogP contribution in [0.2, 0.25) is 0 Å². The number of hydrogen-bond acceptors (Lipinski definition) is 1. The van der Waals surface area contributed by atoms with Gasteiger partial charge in [0.05, 0.1) is 5.60 Å². The van der Waals surface area contributed by atoms with Crippen LogP contribution in [0.15, 0.2) is 30.3 Å². The molecule has 6 heteroatoms. The number of hydrogen-bond donors (Lipinski definition) is 1. The molecule has 0 bridgehead atoms. The Kier molecular flexibility index (Phi) is 8.32. The summed E-state index contributed by atoms with van der Waals surface area (Å²) >= 11 is 0. The molecule has 1 aromatic carbocycles. The Bertz CT molecular complexity index is 486.